The van der Waals surface area contributed by atoms with Crippen LogP contribution in [0.4, 0.5) is 4.39 Å². The van der Waals surface area contributed by atoms with Crippen LogP contribution in [0, 0.1) is 5.82 Å². The number of fused-ring (bicyclic) bond motifs is 3. The summed E-state index contributed by atoms with van der Waals surface area (Å²) in [6, 6.07) is 15.0. The molecule has 2 aromatic carbocycles. The first-order valence-electron chi connectivity index (χ1n) is 9.89. The quantitative estimate of drug-likeness (QED) is 0.644. The van der Waals surface area contributed by atoms with Crippen LogP contribution < -0.4 is 0 Å². The number of imidazole rings is 1. The molecule has 28 heavy (non-hydrogen) atoms. The molecule has 0 bridgehead atoms. The molecule has 4 nitrogen and oxygen atoms in total. The minimum atomic E-state index is -0.248. The van der Waals surface area contributed by atoms with Gasteiger partial charge in [0.25, 0.3) is 0 Å². The van der Waals surface area contributed by atoms with Gasteiger partial charge in [-0.25, -0.2) is 9.37 Å². The highest BCUT2D eigenvalue weighted by molar-refractivity contribution is 6.15. The molecule has 1 aliphatic rings. The number of rotatable bonds is 6. The summed E-state index contributed by atoms with van der Waals surface area (Å²) in [5.74, 6) is 0.606. The van der Waals surface area contributed by atoms with Gasteiger partial charge < -0.3 is 4.90 Å². The molecule has 0 fully saturated rings. The Labute approximate surface area is 165 Å². The Morgan fingerprint density at radius 1 is 1.07 bits per heavy atom. The molecule has 0 saturated heterocycles. The van der Waals surface area contributed by atoms with E-state index in [0.29, 0.717) is 6.54 Å². The smallest absolute Gasteiger partial charge is 0.135 e. The van der Waals surface area contributed by atoms with Crippen LogP contribution in [0.2, 0.25) is 0 Å². The third kappa shape index (κ3) is 3.50. The van der Waals surface area contributed by atoms with Gasteiger partial charge >= 0.3 is 0 Å². The van der Waals surface area contributed by atoms with E-state index in [0.717, 1.165) is 60.1 Å². The van der Waals surface area contributed by atoms with Gasteiger partial charge in [-0.3, -0.25) is 9.56 Å². The molecule has 5 heteroatoms. The number of halogens is 1. The average molecular weight is 376 g/mol. The van der Waals surface area contributed by atoms with E-state index in [1.54, 1.807) is 6.07 Å². The van der Waals surface area contributed by atoms with Crippen molar-refractivity contribution in [3.63, 3.8) is 0 Å². The van der Waals surface area contributed by atoms with Gasteiger partial charge in [-0.05, 0) is 31.3 Å². The maximum Gasteiger partial charge on any atom is 0.135 e. The molecule has 1 aromatic heterocycles. The van der Waals surface area contributed by atoms with Crippen molar-refractivity contribution >= 4 is 5.71 Å². The summed E-state index contributed by atoms with van der Waals surface area (Å²) in [6.07, 6.45) is 2.78. The molecule has 3 aromatic rings. The third-order valence-corrected chi connectivity index (χ3v) is 5.37. The third-order valence-electron chi connectivity index (χ3n) is 5.37. The fraction of sp³-hybridized carbons (Fsp3) is 0.304. The lowest BCUT2D eigenvalue weighted by Crippen LogP contribution is -2.26. The van der Waals surface area contributed by atoms with E-state index in [1.165, 1.54) is 6.07 Å². The fourth-order valence-corrected chi connectivity index (χ4v) is 3.79. The Morgan fingerprint density at radius 2 is 1.86 bits per heavy atom. The first-order valence-corrected chi connectivity index (χ1v) is 9.89. The number of benzene rings is 2. The van der Waals surface area contributed by atoms with Crippen molar-refractivity contribution in [2.24, 2.45) is 4.99 Å². The van der Waals surface area contributed by atoms with Gasteiger partial charge in [0, 0.05) is 36.0 Å². The summed E-state index contributed by atoms with van der Waals surface area (Å²) in [4.78, 5) is 11.8. The average Bonchev–Trinajstić information content (AvgIpc) is 3.06. The molecule has 0 amide bonds. The number of aromatic nitrogens is 2. The van der Waals surface area contributed by atoms with Crippen molar-refractivity contribution < 1.29 is 4.39 Å². The largest absolute Gasteiger partial charge is 0.303 e. The van der Waals surface area contributed by atoms with Crippen molar-refractivity contribution in [2.45, 2.75) is 26.8 Å². The topological polar surface area (TPSA) is 33.4 Å². The summed E-state index contributed by atoms with van der Waals surface area (Å²) >= 11 is 0. The molecule has 1 aliphatic heterocycles. The second-order valence-corrected chi connectivity index (χ2v) is 6.97. The van der Waals surface area contributed by atoms with E-state index in [2.05, 4.69) is 28.3 Å². The molecule has 0 atom stereocenters. The molecule has 0 radical (unpaired) electrons. The zero-order valence-electron chi connectivity index (χ0n) is 16.4. The van der Waals surface area contributed by atoms with Gasteiger partial charge in [0.1, 0.15) is 11.6 Å². The highest BCUT2D eigenvalue weighted by atomic mass is 19.1. The standard InChI is InChI=1S/C23H25FN4/c1-3-27(4-2)13-12-19-15-25-22-16-26-23(17-8-6-5-7-9-17)20-11-10-18(24)14-21(20)28(19)22/h5-11,14-15H,3-4,12-13,16H2,1-2H3. The predicted molar refractivity (Wildman–Crippen MR) is 111 cm³/mol. The van der Waals surface area contributed by atoms with Crippen molar-refractivity contribution in [3.8, 4) is 5.69 Å². The maximum atomic E-state index is 14.2. The van der Waals surface area contributed by atoms with Crippen LogP contribution >= 0.6 is 0 Å². The molecule has 0 unspecified atom stereocenters. The number of hydrogen-bond acceptors (Lipinski definition) is 3. The summed E-state index contributed by atoms with van der Waals surface area (Å²) in [5, 5.41) is 0. The van der Waals surface area contributed by atoms with Crippen LogP contribution in [0.1, 0.15) is 36.5 Å². The Morgan fingerprint density at radius 3 is 2.61 bits per heavy atom. The van der Waals surface area contributed by atoms with Crippen molar-refractivity contribution in [1.82, 2.24) is 14.5 Å². The van der Waals surface area contributed by atoms with Crippen LogP contribution in [0.25, 0.3) is 5.69 Å². The Kier molecular flexibility index (Phi) is 5.35. The minimum absolute atomic E-state index is 0.248. The van der Waals surface area contributed by atoms with Gasteiger partial charge in [-0.1, -0.05) is 44.2 Å². The van der Waals surface area contributed by atoms with Crippen LogP contribution in [0.15, 0.2) is 59.7 Å². The Bertz CT molecular complexity index is 987. The molecule has 0 N–H and O–H groups in total. The normalized spacial score (nSPS) is 13.1. The van der Waals surface area contributed by atoms with Crippen molar-refractivity contribution in [3.05, 3.63) is 83.2 Å². The van der Waals surface area contributed by atoms with Crippen LogP contribution in [0.3, 0.4) is 0 Å². The first-order chi connectivity index (χ1) is 13.7. The van der Waals surface area contributed by atoms with E-state index in [9.17, 15) is 4.39 Å². The van der Waals surface area contributed by atoms with E-state index < -0.39 is 0 Å². The van der Waals surface area contributed by atoms with Crippen molar-refractivity contribution in [1.29, 1.82) is 0 Å². The van der Waals surface area contributed by atoms with E-state index in [4.69, 9.17) is 4.99 Å². The van der Waals surface area contributed by atoms with Crippen LogP contribution in [-0.2, 0) is 13.0 Å². The lowest BCUT2D eigenvalue weighted by atomic mass is 10.0. The first kappa shape index (κ1) is 18.6. The monoisotopic (exact) mass is 376 g/mol. The molecule has 0 spiro atoms. The zero-order valence-corrected chi connectivity index (χ0v) is 16.4. The highest BCUT2D eigenvalue weighted by Crippen LogP contribution is 2.27. The maximum absolute atomic E-state index is 14.2. The molecule has 4 rings (SSSR count). The molecule has 2 heterocycles. The molecule has 144 valence electrons. The van der Waals surface area contributed by atoms with E-state index in [-0.39, 0.29) is 5.82 Å². The second-order valence-electron chi connectivity index (χ2n) is 6.97. The van der Waals surface area contributed by atoms with Crippen molar-refractivity contribution in [2.75, 3.05) is 19.6 Å². The number of likely N-dealkylation sites (N-methyl/N-ethyl adjacent to an activating group) is 1. The van der Waals surface area contributed by atoms with Gasteiger partial charge in [0.05, 0.1) is 17.9 Å². The van der Waals surface area contributed by atoms with Gasteiger partial charge in [0.15, 0.2) is 0 Å². The van der Waals surface area contributed by atoms with Gasteiger partial charge in [0.2, 0.25) is 0 Å². The molecular weight excluding hydrogens is 351 g/mol. The SMILES string of the molecule is CCN(CC)CCc1cnc2n1-c1cc(F)ccc1C(c1ccccc1)=NC2. The van der Waals surface area contributed by atoms with Gasteiger partial charge in [-0.2, -0.15) is 0 Å². The zero-order chi connectivity index (χ0) is 19.5. The number of nitrogens with zero attached hydrogens (tertiary/aromatic N) is 4. The Balaban J connectivity index is 1.79. The van der Waals surface area contributed by atoms with Gasteiger partial charge in [-0.15, -0.1) is 0 Å². The number of aliphatic imine (C=N–C) groups is 1. The predicted octanol–water partition coefficient (Wildman–Crippen LogP) is 4.25. The molecule has 0 aliphatic carbocycles. The molecule has 0 saturated carbocycles. The Hall–Kier alpha value is -2.79. The van der Waals surface area contributed by atoms with Crippen LogP contribution in [0.5, 0.6) is 0 Å². The highest BCUT2D eigenvalue weighted by Gasteiger charge is 2.22. The van der Waals surface area contributed by atoms with E-state index in [1.807, 2.05) is 42.6 Å². The minimum Gasteiger partial charge on any atom is -0.303 e. The summed E-state index contributed by atoms with van der Waals surface area (Å²) < 4.78 is 16.3. The summed E-state index contributed by atoms with van der Waals surface area (Å²) in [6.45, 7) is 7.81. The van der Waals surface area contributed by atoms with Crippen LogP contribution in [-0.4, -0.2) is 39.8 Å². The fourth-order valence-electron chi connectivity index (χ4n) is 3.79. The lowest BCUT2D eigenvalue weighted by Gasteiger charge is -2.19. The molecular formula is C23H25FN4. The van der Waals surface area contributed by atoms with E-state index >= 15 is 0 Å². The summed E-state index contributed by atoms with van der Waals surface area (Å²) in [5.41, 5.74) is 4.77. The second kappa shape index (κ2) is 8.07. The summed E-state index contributed by atoms with van der Waals surface area (Å²) in [7, 11) is 0. The lowest BCUT2D eigenvalue weighted by molar-refractivity contribution is 0.306. The number of hydrogen-bond donors (Lipinski definition) is 0.